The Morgan fingerprint density at radius 1 is 1.40 bits per heavy atom. The summed E-state index contributed by atoms with van der Waals surface area (Å²) in [5, 5.41) is 18.1. The molecule has 0 aromatic heterocycles. The monoisotopic (exact) mass is 208 g/mol. The quantitative estimate of drug-likeness (QED) is 0.686. The van der Waals surface area contributed by atoms with Crippen molar-refractivity contribution in [3.8, 4) is 0 Å². The Labute approximate surface area is 87.2 Å². The van der Waals surface area contributed by atoms with Gasteiger partial charge in [-0.1, -0.05) is 30.4 Å². The molecular weight excluding hydrogens is 196 g/mol. The highest BCUT2D eigenvalue weighted by molar-refractivity contribution is 5.87. The lowest BCUT2D eigenvalue weighted by atomic mass is 9.70. The fourth-order valence-corrected chi connectivity index (χ4v) is 1.71. The van der Waals surface area contributed by atoms with Gasteiger partial charge in [-0.2, -0.15) is 0 Å². The first-order chi connectivity index (χ1) is 7.04. The van der Waals surface area contributed by atoms with Crippen LogP contribution in [0.3, 0.4) is 0 Å². The Kier molecular flexibility index (Phi) is 3.09. The second-order valence-corrected chi connectivity index (χ2v) is 3.40. The van der Waals surface area contributed by atoms with Gasteiger partial charge in [0.15, 0.2) is 0 Å². The predicted molar refractivity (Wildman–Crippen MR) is 54.3 cm³/mol. The Morgan fingerprint density at radius 2 is 2.07 bits per heavy atom. The largest absolute Gasteiger partial charge is 0.481 e. The lowest BCUT2D eigenvalue weighted by Crippen LogP contribution is -2.40. The molecule has 1 aliphatic rings. The molecule has 80 valence electrons. The SMILES string of the molecule is C=CCC1(C(=O)O)C=CC=CC1C(=O)O. The van der Waals surface area contributed by atoms with Crippen molar-refractivity contribution in [2.75, 3.05) is 0 Å². The third-order valence-corrected chi connectivity index (χ3v) is 2.51. The van der Waals surface area contributed by atoms with Crippen molar-refractivity contribution in [3.05, 3.63) is 37.0 Å². The third-order valence-electron chi connectivity index (χ3n) is 2.51. The van der Waals surface area contributed by atoms with E-state index in [0.29, 0.717) is 0 Å². The van der Waals surface area contributed by atoms with E-state index in [1.54, 1.807) is 12.2 Å². The van der Waals surface area contributed by atoms with Crippen LogP contribution in [0, 0.1) is 11.3 Å². The van der Waals surface area contributed by atoms with Crippen LogP contribution in [0.25, 0.3) is 0 Å². The van der Waals surface area contributed by atoms with E-state index in [4.69, 9.17) is 10.2 Å². The molecule has 0 aromatic rings. The molecule has 2 atom stereocenters. The van der Waals surface area contributed by atoms with Crippen molar-refractivity contribution in [1.29, 1.82) is 0 Å². The van der Waals surface area contributed by atoms with E-state index in [1.165, 1.54) is 18.2 Å². The molecule has 0 amide bonds. The molecule has 0 bridgehead atoms. The topological polar surface area (TPSA) is 74.6 Å². The van der Waals surface area contributed by atoms with Gasteiger partial charge >= 0.3 is 11.9 Å². The minimum absolute atomic E-state index is 0.0974. The van der Waals surface area contributed by atoms with Gasteiger partial charge in [-0.05, 0) is 6.42 Å². The zero-order chi connectivity index (χ0) is 11.5. The van der Waals surface area contributed by atoms with Gasteiger partial charge in [-0.3, -0.25) is 9.59 Å². The number of allylic oxidation sites excluding steroid dienone is 3. The lowest BCUT2D eigenvalue weighted by Gasteiger charge is -2.30. The van der Waals surface area contributed by atoms with Gasteiger partial charge in [0.1, 0.15) is 5.41 Å². The Morgan fingerprint density at radius 3 is 2.53 bits per heavy atom. The number of hydrogen-bond acceptors (Lipinski definition) is 2. The standard InChI is InChI=1S/C11H12O4/c1-2-6-11(10(14)15)7-4-3-5-8(11)9(12)13/h2-5,7-8H,1,6H2,(H,12,13)(H,14,15). The van der Waals surface area contributed by atoms with E-state index in [2.05, 4.69) is 6.58 Å². The smallest absolute Gasteiger partial charge is 0.315 e. The number of hydrogen-bond donors (Lipinski definition) is 2. The Bertz CT molecular complexity index is 354. The van der Waals surface area contributed by atoms with Crippen LogP contribution in [0.15, 0.2) is 37.0 Å². The fraction of sp³-hybridized carbons (Fsp3) is 0.273. The van der Waals surface area contributed by atoms with Gasteiger partial charge in [0.05, 0.1) is 5.92 Å². The summed E-state index contributed by atoms with van der Waals surface area (Å²) in [6.45, 7) is 3.46. The van der Waals surface area contributed by atoms with Gasteiger partial charge in [-0.15, -0.1) is 6.58 Å². The Hall–Kier alpha value is -1.84. The average Bonchev–Trinajstić information content (AvgIpc) is 2.18. The highest BCUT2D eigenvalue weighted by atomic mass is 16.4. The molecule has 0 radical (unpaired) electrons. The zero-order valence-electron chi connectivity index (χ0n) is 8.09. The highest BCUT2D eigenvalue weighted by Crippen LogP contribution is 2.38. The Balaban J connectivity index is 3.18. The molecule has 0 aromatic carbocycles. The lowest BCUT2D eigenvalue weighted by molar-refractivity contribution is -0.156. The van der Waals surface area contributed by atoms with Crippen LogP contribution in [0.5, 0.6) is 0 Å². The molecule has 2 N–H and O–H groups in total. The van der Waals surface area contributed by atoms with E-state index < -0.39 is 23.3 Å². The first-order valence-corrected chi connectivity index (χ1v) is 4.47. The molecule has 4 nitrogen and oxygen atoms in total. The van der Waals surface area contributed by atoms with E-state index in [1.807, 2.05) is 0 Å². The average molecular weight is 208 g/mol. The number of rotatable bonds is 4. The molecule has 0 fully saturated rings. The van der Waals surface area contributed by atoms with Crippen LogP contribution >= 0.6 is 0 Å². The summed E-state index contributed by atoms with van der Waals surface area (Å²) in [5.74, 6) is -3.33. The predicted octanol–water partition coefficient (Wildman–Crippen LogP) is 1.46. The van der Waals surface area contributed by atoms with Crippen LogP contribution in [-0.2, 0) is 9.59 Å². The minimum atomic E-state index is -1.40. The molecule has 0 saturated heterocycles. The second-order valence-electron chi connectivity index (χ2n) is 3.40. The first kappa shape index (κ1) is 11.2. The molecule has 1 rings (SSSR count). The van der Waals surface area contributed by atoms with Crippen molar-refractivity contribution in [2.24, 2.45) is 11.3 Å². The van der Waals surface area contributed by atoms with Crippen LogP contribution in [0.2, 0.25) is 0 Å². The second kappa shape index (κ2) is 4.13. The maximum atomic E-state index is 11.2. The van der Waals surface area contributed by atoms with Crippen LogP contribution in [0.1, 0.15) is 6.42 Å². The summed E-state index contributed by atoms with van der Waals surface area (Å²) in [6.07, 6.45) is 7.42. The molecule has 2 unspecified atom stereocenters. The van der Waals surface area contributed by atoms with Crippen molar-refractivity contribution in [3.63, 3.8) is 0 Å². The number of aliphatic carboxylic acids is 2. The van der Waals surface area contributed by atoms with E-state index in [0.717, 1.165) is 0 Å². The van der Waals surface area contributed by atoms with E-state index >= 15 is 0 Å². The number of carbonyl (C=O) groups is 2. The molecule has 0 heterocycles. The summed E-state index contributed by atoms with van der Waals surface area (Å²) in [7, 11) is 0. The molecule has 0 aliphatic heterocycles. The summed E-state index contributed by atoms with van der Waals surface area (Å²) in [6, 6.07) is 0. The molecule has 15 heavy (non-hydrogen) atoms. The maximum absolute atomic E-state index is 11.2. The van der Waals surface area contributed by atoms with Gasteiger partial charge in [0.25, 0.3) is 0 Å². The molecule has 0 spiro atoms. The third kappa shape index (κ3) is 1.83. The van der Waals surface area contributed by atoms with Gasteiger partial charge in [0, 0.05) is 0 Å². The first-order valence-electron chi connectivity index (χ1n) is 4.47. The van der Waals surface area contributed by atoms with Crippen molar-refractivity contribution >= 4 is 11.9 Å². The van der Waals surface area contributed by atoms with E-state index in [9.17, 15) is 9.59 Å². The van der Waals surface area contributed by atoms with Crippen molar-refractivity contribution in [1.82, 2.24) is 0 Å². The fourth-order valence-electron chi connectivity index (χ4n) is 1.71. The van der Waals surface area contributed by atoms with Crippen molar-refractivity contribution in [2.45, 2.75) is 6.42 Å². The minimum Gasteiger partial charge on any atom is -0.481 e. The number of carboxylic acids is 2. The van der Waals surface area contributed by atoms with Crippen LogP contribution < -0.4 is 0 Å². The maximum Gasteiger partial charge on any atom is 0.315 e. The molecule has 0 saturated carbocycles. The van der Waals surface area contributed by atoms with Gasteiger partial charge in [0.2, 0.25) is 0 Å². The van der Waals surface area contributed by atoms with E-state index in [-0.39, 0.29) is 6.42 Å². The highest BCUT2D eigenvalue weighted by Gasteiger charge is 2.46. The normalized spacial score (nSPS) is 28.7. The molecule has 1 aliphatic carbocycles. The summed E-state index contributed by atoms with van der Waals surface area (Å²) in [5.41, 5.74) is -1.40. The summed E-state index contributed by atoms with van der Waals surface area (Å²) >= 11 is 0. The summed E-state index contributed by atoms with van der Waals surface area (Å²) < 4.78 is 0. The van der Waals surface area contributed by atoms with Gasteiger partial charge in [-0.25, -0.2) is 0 Å². The number of carboxylic acid groups (broad SMARTS) is 2. The van der Waals surface area contributed by atoms with Gasteiger partial charge < -0.3 is 10.2 Å². The zero-order valence-corrected chi connectivity index (χ0v) is 8.09. The molecular formula is C11H12O4. The van der Waals surface area contributed by atoms with Crippen LogP contribution in [0.4, 0.5) is 0 Å². The molecule has 4 heteroatoms. The summed E-state index contributed by atoms with van der Waals surface area (Å²) in [4.78, 5) is 22.2. The van der Waals surface area contributed by atoms with Crippen molar-refractivity contribution < 1.29 is 19.8 Å². The van der Waals surface area contributed by atoms with Crippen LogP contribution in [-0.4, -0.2) is 22.2 Å².